The topological polar surface area (TPSA) is 66.0 Å². The Labute approximate surface area is 115 Å². The molecule has 2 N–H and O–H groups in total. The molecule has 0 aliphatic heterocycles. The summed E-state index contributed by atoms with van der Waals surface area (Å²) in [6.07, 6.45) is 6.34. The van der Waals surface area contributed by atoms with Crippen LogP contribution >= 0.6 is 0 Å². The second kappa shape index (κ2) is 5.01. The molecule has 2 aromatic heterocycles. The second-order valence-electron chi connectivity index (χ2n) is 4.39. The van der Waals surface area contributed by atoms with Crippen molar-refractivity contribution in [3.8, 4) is 11.1 Å². The van der Waals surface area contributed by atoms with Crippen LogP contribution < -0.4 is 0 Å². The summed E-state index contributed by atoms with van der Waals surface area (Å²) in [5, 5.41) is 9.68. The lowest BCUT2D eigenvalue weighted by Crippen LogP contribution is -1.86. The van der Waals surface area contributed by atoms with Crippen LogP contribution in [0.5, 0.6) is 0 Å². The van der Waals surface area contributed by atoms with Crippen LogP contribution in [0.3, 0.4) is 0 Å². The summed E-state index contributed by atoms with van der Waals surface area (Å²) in [5.74, 6) is -0.947. The third-order valence-corrected chi connectivity index (χ3v) is 3.10. The van der Waals surface area contributed by atoms with Gasteiger partial charge in [0, 0.05) is 23.9 Å². The molecule has 98 valence electrons. The van der Waals surface area contributed by atoms with Gasteiger partial charge in [-0.25, -0.2) is 9.78 Å². The van der Waals surface area contributed by atoms with Crippen molar-refractivity contribution in [1.82, 2.24) is 9.97 Å². The fourth-order valence-electron chi connectivity index (χ4n) is 2.15. The molecule has 20 heavy (non-hydrogen) atoms. The number of aromatic amines is 1. The van der Waals surface area contributed by atoms with Gasteiger partial charge in [-0.2, -0.15) is 0 Å². The number of aromatic nitrogens is 2. The van der Waals surface area contributed by atoms with Gasteiger partial charge in [-0.05, 0) is 34.9 Å². The molecule has 4 heteroatoms. The van der Waals surface area contributed by atoms with Gasteiger partial charge >= 0.3 is 5.97 Å². The first-order valence-corrected chi connectivity index (χ1v) is 6.17. The smallest absolute Gasteiger partial charge is 0.328 e. The molecule has 1 aromatic carbocycles. The minimum absolute atomic E-state index is 0.857. The zero-order chi connectivity index (χ0) is 13.9. The van der Waals surface area contributed by atoms with Gasteiger partial charge in [-0.15, -0.1) is 0 Å². The molecule has 0 saturated carbocycles. The van der Waals surface area contributed by atoms with E-state index in [2.05, 4.69) is 9.97 Å². The van der Waals surface area contributed by atoms with Gasteiger partial charge in [0.15, 0.2) is 0 Å². The summed E-state index contributed by atoms with van der Waals surface area (Å²) in [4.78, 5) is 17.8. The summed E-state index contributed by atoms with van der Waals surface area (Å²) in [7, 11) is 0. The molecule has 2 heterocycles. The van der Waals surface area contributed by atoms with E-state index < -0.39 is 5.97 Å². The Balaban J connectivity index is 1.99. The molecule has 0 aliphatic carbocycles. The van der Waals surface area contributed by atoms with E-state index in [1.165, 1.54) is 0 Å². The van der Waals surface area contributed by atoms with Crippen LogP contribution in [0.2, 0.25) is 0 Å². The van der Waals surface area contributed by atoms with Crippen LogP contribution in [0.25, 0.3) is 28.2 Å². The van der Waals surface area contributed by atoms with Crippen LogP contribution in [0.15, 0.2) is 54.9 Å². The molecule has 0 atom stereocenters. The Morgan fingerprint density at radius 1 is 1.15 bits per heavy atom. The molecule has 0 fully saturated rings. The number of carbonyl (C=O) groups is 1. The molecule has 3 rings (SSSR count). The lowest BCUT2D eigenvalue weighted by atomic mass is 10.0. The molecule has 0 aliphatic rings. The average Bonchev–Trinajstić information content (AvgIpc) is 2.94. The van der Waals surface area contributed by atoms with E-state index >= 15 is 0 Å². The summed E-state index contributed by atoms with van der Waals surface area (Å²) in [6.45, 7) is 0. The highest BCUT2D eigenvalue weighted by Gasteiger charge is 2.04. The number of nitrogens with zero attached hydrogens (tertiary/aromatic N) is 1. The van der Waals surface area contributed by atoms with E-state index in [0.29, 0.717) is 0 Å². The van der Waals surface area contributed by atoms with Gasteiger partial charge in [-0.3, -0.25) is 0 Å². The van der Waals surface area contributed by atoms with Gasteiger partial charge in [0.25, 0.3) is 0 Å². The summed E-state index contributed by atoms with van der Waals surface area (Å²) < 4.78 is 0. The van der Waals surface area contributed by atoms with Crippen molar-refractivity contribution in [2.24, 2.45) is 0 Å². The number of rotatable bonds is 3. The Kier molecular flexibility index (Phi) is 3.05. The van der Waals surface area contributed by atoms with Crippen LogP contribution in [-0.2, 0) is 4.79 Å². The molecule has 0 unspecified atom stereocenters. The molecule has 0 bridgehead atoms. The summed E-state index contributed by atoms with van der Waals surface area (Å²) in [5.41, 5.74) is 3.89. The summed E-state index contributed by atoms with van der Waals surface area (Å²) in [6, 6.07) is 11.7. The van der Waals surface area contributed by atoms with Crippen molar-refractivity contribution < 1.29 is 9.90 Å². The molecule has 0 saturated heterocycles. The Bertz CT molecular complexity index is 786. The normalized spacial score (nSPS) is 11.2. The standard InChI is InChI=1S/C16H12N2O2/c19-15(20)6-3-11-1-4-12(5-2-11)13-7-9-17-16-14(13)8-10-18-16/h1-10H,(H,17,18)(H,19,20)/b6-3+. The van der Waals surface area contributed by atoms with Crippen LogP contribution in [-0.4, -0.2) is 21.0 Å². The predicted octanol–water partition coefficient (Wildman–Crippen LogP) is 3.33. The number of hydrogen-bond acceptors (Lipinski definition) is 2. The number of fused-ring (bicyclic) bond motifs is 1. The largest absolute Gasteiger partial charge is 0.478 e. The Morgan fingerprint density at radius 3 is 2.70 bits per heavy atom. The third-order valence-electron chi connectivity index (χ3n) is 3.10. The van der Waals surface area contributed by atoms with E-state index in [-0.39, 0.29) is 0 Å². The highest BCUT2D eigenvalue weighted by Crippen LogP contribution is 2.27. The molecule has 3 aromatic rings. The van der Waals surface area contributed by atoms with Crippen molar-refractivity contribution in [3.05, 3.63) is 60.4 Å². The molecule has 0 spiro atoms. The van der Waals surface area contributed by atoms with Crippen molar-refractivity contribution >= 4 is 23.1 Å². The fourth-order valence-corrected chi connectivity index (χ4v) is 2.15. The van der Waals surface area contributed by atoms with E-state index in [1.807, 2.05) is 42.6 Å². The zero-order valence-electron chi connectivity index (χ0n) is 10.6. The first kappa shape index (κ1) is 12.2. The van der Waals surface area contributed by atoms with Gasteiger partial charge in [0.1, 0.15) is 5.65 Å². The lowest BCUT2D eigenvalue weighted by molar-refractivity contribution is -0.131. The van der Waals surface area contributed by atoms with Crippen molar-refractivity contribution in [2.75, 3.05) is 0 Å². The van der Waals surface area contributed by atoms with E-state index in [9.17, 15) is 4.79 Å². The Morgan fingerprint density at radius 2 is 1.95 bits per heavy atom. The quantitative estimate of drug-likeness (QED) is 0.713. The highest BCUT2D eigenvalue weighted by atomic mass is 16.4. The molecule has 0 amide bonds. The molecule has 0 radical (unpaired) electrons. The van der Waals surface area contributed by atoms with E-state index in [1.54, 1.807) is 12.3 Å². The number of aliphatic carboxylic acids is 1. The first-order valence-electron chi connectivity index (χ1n) is 6.17. The SMILES string of the molecule is O=C(O)/C=C/c1ccc(-c2ccnc3[nH]ccc23)cc1. The average molecular weight is 264 g/mol. The maximum atomic E-state index is 10.5. The van der Waals surface area contributed by atoms with Crippen molar-refractivity contribution in [3.63, 3.8) is 0 Å². The molecular weight excluding hydrogens is 252 g/mol. The minimum Gasteiger partial charge on any atom is -0.478 e. The van der Waals surface area contributed by atoms with Gasteiger partial charge < -0.3 is 10.1 Å². The van der Waals surface area contributed by atoms with Gasteiger partial charge in [0.2, 0.25) is 0 Å². The number of nitrogens with one attached hydrogen (secondary N) is 1. The number of carboxylic acids is 1. The maximum Gasteiger partial charge on any atom is 0.328 e. The van der Waals surface area contributed by atoms with E-state index in [0.717, 1.165) is 33.8 Å². The number of carboxylic acid groups (broad SMARTS) is 1. The van der Waals surface area contributed by atoms with Crippen LogP contribution in [0.4, 0.5) is 0 Å². The zero-order valence-corrected chi connectivity index (χ0v) is 10.6. The fraction of sp³-hybridized carbons (Fsp3) is 0. The number of hydrogen-bond donors (Lipinski definition) is 2. The maximum absolute atomic E-state index is 10.5. The number of benzene rings is 1. The van der Waals surface area contributed by atoms with Crippen molar-refractivity contribution in [2.45, 2.75) is 0 Å². The lowest BCUT2D eigenvalue weighted by Gasteiger charge is -2.03. The Hall–Kier alpha value is -2.88. The predicted molar refractivity (Wildman–Crippen MR) is 78.2 cm³/mol. The van der Waals surface area contributed by atoms with Gasteiger partial charge in [0.05, 0.1) is 0 Å². The monoisotopic (exact) mass is 264 g/mol. The molecule has 4 nitrogen and oxygen atoms in total. The second-order valence-corrected chi connectivity index (χ2v) is 4.39. The van der Waals surface area contributed by atoms with Crippen LogP contribution in [0.1, 0.15) is 5.56 Å². The minimum atomic E-state index is -0.947. The van der Waals surface area contributed by atoms with Crippen molar-refractivity contribution in [1.29, 1.82) is 0 Å². The highest BCUT2D eigenvalue weighted by molar-refractivity contribution is 5.93. The first-order chi connectivity index (χ1) is 9.74. The number of H-pyrrole nitrogens is 1. The third kappa shape index (κ3) is 2.31. The van der Waals surface area contributed by atoms with Crippen LogP contribution in [0, 0.1) is 0 Å². The number of pyridine rings is 1. The summed E-state index contributed by atoms with van der Waals surface area (Å²) >= 11 is 0. The van der Waals surface area contributed by atoms with Gasteiger partial charge in [-0.1, -0.05) is 24.3 Å². The molecular formula is C16H12N2O2. The van der Waals surface area contributed by atoms with E-state index in [4.69, 9.17) is 5.11 Å².